The van der Waals surface area contributed by atoms with E-state index in [1.165, 1.54) is 69.1 Å². The Morgan fingerprint density at radius 1 is 0.625 bits per heavy atom. The lowest BCUT2D eigenvalue weighted by molar-refractivity contribution is 0.591. The molecule has 7 rings (SSSR count). The first kappa shape index (κ1) is 18.2. The van der Waals surface area contributed by atoms with Gasteiger partial charge in [0.15, 0.2) is 0 Å². The third-order valence-electron chi connectivity index (χ3n) is 6.95. The molecule has 0 spiro atoms. The van der Waals surface area contributed by atoms with Crippen LogP contribution >= 0.6 is 11.3 Å². The molecule has 0 aliphatic carbocycles. The number of hydrogen-bond donors (Lipinski definition) is 1. The lowest BCUT2D eigenvalue weighted by atomic mass is 9.85. The molecule has 0 amide bonds. The van der Waals surface area contributed by atoms with Crippen LogP contribution in [0.5, 0.6) is 0 Å². The lowest BCUT2D eigenvalue weighted by Gasteiger charge is -2.19. The highest BCUT2D eigenvalue weighted by Gasteiger charge is 2.19. The number of hydrogen-bond acceptors (Lipinski definition) is 1. The summed E-state index contributed by atoms with van der Waals surface area (Å²) in [7, 11) is 0. The van der Waals surface area contributed by atoms with E-state index in [-0.39, 0.29) is 5.41 Å². The van der Waals surface area contributed by atoms with Crippen molar-refractivity contribution in [3.63, 3.8) is 0 Å². The van der Waals surface area contributed by atoms with E-state index < -0.39 is 0 Å². The van der Waals surface area contributed by atoms with Gasteiger partial charge in [-0.1, -0.05) is 87.5 Å². The summed E-state index contributed by atoms with van der Waals surface area (Å²) in [6.07, 6.45) is 0. The molecule has 0 fully saturated rings. The average Bonchev–Trinajstić information content (AvgIpc) is 3.37. The monoisotopic (exact) mass is 429 g/mol. The molecule has 2 aromatic heterocycles. The van der Waals surface area contributed by atoms with E-state index in [2.05, 4.69) is 105 Å². The SMILES string of the molecule is CC(C)(C)c1ccc2ccc3c([nH]c4c5sc6ccccc6c5c5ccccc5c34)c2c1. The van der Waals surface area contributed by atoms with Crippen molar-refractivity contribution < 1.29 is 0 Å². The van der Waals surface area contributed by atoms with Crippen molar-refractivity contribution in [1.29, 1.82) is 0 Å². The fraction of sp³-hybridized carbons (Fsp3) is 0.133. The standard InChI is InChI=1S/C30H23NS/c1-30(2,3)18-14-12-17-13-15-22-25-19-8-4-5-9-20(19)26-21-10-6-7-11-24(21)32-29(26)28(25)31-27(22)23(17)16-18/h4-16,31H,1-3H3. The second-order valence-corrected chi connectivity index (χ2v) is 10.9. The Balaban J connectivity index is 1.76. The van der Waals surface area contributed by atoms with Gasteiger partial charge in [-0.05, 0) is 39.3 Å². The van der Waals surface area contributed by atoms with Crippen LogP contribution in [0.3, 0.4) is 0 Å². The zero-order chi connectivity index (χ0) is 21.6. The van der Waals surface area contributed by atoms with Crippen LogP contribution in [-0.4, -0.2) is 4.98 Å². The van der Waals surface area contributed by atoms with E-state index in [0.717, 1.165) is 0 Å². The van der Waals surface area contributed by atoms with Crippen LogP contribution in [-0.2, 0) is 5.41 Å². The van der Waals surface area contributed by atoms with Gasteiger partial charge in [0, 0.05) is 31.6 Å². The first-order valence-electron chi connectivity index (χ1n) is 11.2. The fourth-order valence-corrected chi connectivity index (χ4v) is 6.53. The van der Waals surface area contributed by atoms with Gasteiger partial charge in [0.2, 0.25) is 0 Å². The maximum Gasteiger partial charge on any atom is 0.0653 e. The van der Waals surface area contributed by atoms with Gasteiger partial charge in [-0.3, -0.25) is 0 Å². The van der Waals surface area contributed by atoms with E-state index in [1.54, 1.807) is 0 Å². The second-order valence-electron chi connectivity index (χ2n) is 9.90. The van der Waals surface area contributed by atoms with Crippen LogP contribution in [0.2, 0.25) is 0 Å². The Bertz CT molecular complexity index is 1860. The van der Waals surface area contributed by atoms with Crippen molar-refractivity contribution in [2.45, 2.75) is 26.2 Å². The van der Waals surface area contributed by atoms with Crippen LogP contribution in [0.1, 0.15) is 26.3 Å². The topological polar surface area (TPSA) is 15.8 Å². The van der Waals surface area contributed by atoms with Gasteiger partial charge in [0.05, 0.1) is 15.7 Å². The van der Waals surface area contributed by atoms with Crippen molar-refractivity contribution in [3.8, 4) is 0 Å². The molecule has 1 nitrogen and oxygen atoms in total. The first-order valence-corrected chi connectivity index (χ1v) is 12.0. The van der Waals surface area contributed by atoms with Crippen LogP contribution < -0.4 is 0 Å². The highest BCUT2D eigenvalue weighted by molar-refractivity contribution is 7.27. The van der Waals surface area contributed by atoms with Crippen molar-refractivity contribution in [1.82, 2.24) is 4.98 Å². The number of nitrogens with one attached hydrogen (secondary N) is 1. The number of rotatable bonds is 0. The minimum absolute atomic E-state index is 0.119. The van der Waals surface area contributed by atoms with Gasteiger partial charge in [0.25, 0.3) is 0 Å². The van der Waals surface area contributed by atoms with E-state index in [0.29, 0.717) is 0 Å². The summed E-state index contributed by atoms with van der Waals surface area (Å²) >= 11 is 1.90. The molecule has 5 aromatic carbocycles. The third kappa shape index (κ3) is 2.33. The minimum atomic E-state index is 0.119. The fourth-order valence-electron chi connectivity index (χ4n) is 5.31. The number of fused-ring (bicyclic) bond motifs is 12. The van der Waals surface area contributed by atoms with E-state index in [1.807, 2.05) is 11.3 Å². The lowest BCUT2D eigenvalue weighted by Crippen LogP contribution is -2.10. The number of H-pyrrole nitrogens is 1. The minimum Gasteiger partial charge on any atom is -0.353 e. The molecule has 0 bridgehead atoms. The van der Waals surface area contributed by atoms with Gasteiger partial charge in [-0.25, -0.2) is 0 Å². The predicted molar refractivity (Wildman–Crippen MR) is 142 cm³/mol. The van der Waals surface area contributed by atoms with Crippen LogP contribution in [0.15, 0.2) is 78.9 Å². The Morgan fingerprint density at radius 2 is 1.31 bits per heavy atom. The molecule has 7 aromatic rings. The Morgan fingerprint density at radius 3 is 2.09 bits per heavy atom. The smallest absolute Gasteiger partial charge is 0.0653 e. The molecule has 0 saturated heterocycles. The average molecular weight is 430 g/mol. The van der Waals surface area contributed by atoms with Crippen molar-refractivity contribution in [3.05, 3.63) is 84.4 Å². The maximum atomic E-state index is 3.91. The molecule has 0 radical (unpaired) electrons. The van der Waals surface area contributed by atoms with E-state index in [4.69, 9.17) is 0 Å². The molecule has 2 heterocycles. The van der Waals surface area contributed by atoms with E-state index in [9.17, 15) is 0 Å². The Kier molecular flexibility index (Phi) is 3.48. The summed E-state index contributed by atoms with van der Waals surface area (Å²) in [6, 6.07) is 29.2. The van der Waals surface area contributed by atoms with Crippen LogP contribution in [0, 0.1) is 0 Å². The largest absolute Gasteiger partial charge is 0.353 e. The summed E-state index contributed by atoms with van der Waals surface area (Å²) in [4.78, 5) is 3.91. The zero-order valence-corrected chi connectivity index (χ0v) is 19.2. The predicted octanol–water partition coefficient (Wildman–Crippen LogP) is 9.29. The maximum absolute atomic E-state index is 3.91. The second kappa shape index (κ2) is 6.11. The number of benzene rings is 5. The molecule has 0 aliphatic rings. The highest BCUT2D eigenvalue weighted by Crippen LogP contribution is 2.46. The third-order valence-corrected chi connectivity index (χ3v) is 8.13. The van der Waals surface area contributed by atoms with Gasteiger partial charge < -0.3 is 4.98 Å². The Hall–Kier alpha value is -3.36. The van der Waals surface area contributed by atoms with Gasteiger partial charge in [-0.2, -0.15) is 0 Å². The van der Waals surface area contributed by atoms with E-state index >= 15 is 0 Å². The van der Waals surface area contributed by atoms with Gasteiger partial charge >= 0.3 is 0 Å². The van der Waals surface area contributed by atoms with Crippen LogP contribution in [0.4, 0.5) is 0 Å². The van der Waals surface area contributed by atoms with Crippen molar-refractivity contribution in [2.75, 3.05) is 0 Å². The molecular formula is C30H23NS. The summed E-state index contributed by atoms with van der Waals surface area (Å²) in [5.74, 6) is 0. The van der Waals surface area contributed by atoms with Gasteiger partial charge in [-0.15, -0.1) is 11.3 Å². The summed E-state index contributed by atoms with van der Waals surface area (Å²) in [6.45, 7) is 6.86. The molecule has 0 atom stereocenters. The normalized spacial score (nSPS) is 12.8. The first-order chi connectivity index (χ1) is 15.5. The molecule has 154 valence electrons. The highest BCUT2D eigenvalue weighted by atomic mass is 32.1. The summed E-state index contributed by atoms with van der Waals surface area (Å²) in [5, 5.41) is 10.7. The zero-order valence-electron chi connectivity index (χ0n) is 18.4. The van der Waals surface area contributed by atoms with Crippen LogP contribution in [0.25, 0.3) is 63.5 Å². The molecule has 0 saturated carbocycles. The number of thiophene rings is 1. The number of aromatic nitrogens is 1. The van der Waals surface area contributed by atoms with Gasteiger partial charge in [0.1, 0.15) is 0 Å². The van der Waals surface area contributed by atoms with Crippen molar-refractivity contribution in [2.24, 2.45) is 0 Å². The molecular weight excluding hydrogens is 406 g/mol. The molecule has 1 N–H and O–H groups in total. The number of aromatic amines is 1. The van der Waals surface area contributed by atoms with Crippen molar-refractivity contribution >= 4 is 74.9 Å². The summed E-state index contributed by atoms with van der Waals surface area (Å²) in [5.41, 5.74) is 4.00. The quantitative estimate of drug-likeness (QED) is 0.247. The molecule has 2 heteroatoms. The molecule has 0 aliphatic heterocycles. The molecule has 32 heavy (non-hydrogen) atoms. The molecule has 0 unspecified atom stereocenters. The Labute approximate surface area is 190 Å². The summed E-state index contributed by atoms with van der Waals surface area (Å²) < 4.78 is 2.70.